The molecule has 0 N–H and O–H groups in total. The maximum absolute atomic E-state index is 13.1. The molecule has 0 spiro atoms. The number of halogens is 1. The van der Waals surface area contributed by atoms with Gasteiger partial charge in [-0.1, -0.05) is 18.2 Å². The van der Waals surface area contributed by atoms with E-state index in [9.17, 15) is 9.18 Å². The van der Waals surface area contributed by atoms with Gasteiger partial charge in [-0.15, -0.1) is 11.8 Å². The predicted octanol–water partition coefficient (Wildman–Crippen LogP) is 3.61. The Morgan fingerprint density at radius 1 is 1.19 bits per heavy atom. The first-order chi connectivity index (χ1) is 10.2. The van der Waals surface area contributed by atoms with Gasteiger partial charge in [0.15, 0.2) is 0 Å². The first-order valence-corrected chi connectivity index (χ1v) is 7.57. The number of hydrogen-bond donors (Lipinski definition) is 0. The molecule has 5 heteroatoms. The average Bonchev–Trinajstić information content (AvgIpc) is 2.90. The molecule has 3 rings (SSSR count). The Morgan fingerprint density at radius 3 is 2.62 bits per heavy atom. The monoisotopic (exact) mass is 303 g/mol. The molecule has 0 aliphatic carbocycles. The van der Waals surface area contributed by atoms with Crippen LogP contribution in [0.4, 0.5) is 10.1 Å². The molecule has 1 heterocycles. The van der Waals surface area contributed by atoms with Crippen LogP contribution in [0.3, 0.4) is 0 Å². The van der Waals surface area contributed by atoms with Crippen molar-refractivity contribution < 1.29 is 13.9 Å². The fraction of sp³-hybridized carbons (Fsp3) is 0.188. The van der Waals surface area contributed by atoms with E-state index in [1.165, 1.54) is 12.1 Å². The minimum Gasteiger partial charge on any atom is -0.496 e. The van der Waals surface area contributed by atoms with Crippen molar-refractivity contribution in [1.29, 1.82) is 0 Å². The first-order valence-electron chi connectivity index (χ1n) is 6.53. The summed E-state index contributed by atoms with van der Waals surface area (Å²) in [5, 5.41) is -0.154. The van der Waals surface area contributed by atoms with Crippen LogP contribution in [-0.2, 0) is 4.79 Å². The molecule has 0 saturated carbocycles. The molecule has 0 radical (unpaired) electrons. The second kappa shape index (κ2) is 5.77. The van der Waals surface area contributed by atoms with Gasteiger partial charge in [-0.3, -0.25) is 9.69 Å². The average molecular weight is 303 g/mol. The number of methoxy groups -OCH3 is 1. The topological polar surface area (TPSA) is 29.5 Å². The lowest BCUT2D eigenvalue weighted by molar-refractivity contribution is -0.115. The smallest absolute Gasteiger partial charge is 0.238 e. The van der Waals surface area contributed by atoms with Crippen LogP contribution < -0.4 is 9.64 Å². The van der Waals surface area contributed by atoms with E-state index in [-0.39, 0.29) is 17.1 Å². The normalized spacial score (nSPS) is 18.1. The zero-order valence-electron chi connectivity index (χ0n) is 11.5. The summed E-state index contributed by atoms with van der Waals surface area (Å²) in [5.74, 6) is 0.853. The number of carbonyl (C=O) groups is 1. The van der Waals surface area contributed by atoms with E-state index in [1.54, 1.807) is 35.9 Å². The highest BCUT2D eigenvalue weighted by Gasteiger charge is 2.35. The van der Waals surface area contributed by atoms with Crippen LogP contribution in [-0.4, -0.2) is 18.8 Å². The van der Waals surface area contributed by atoms with Crippen LogP contribution in [0, 0.1) is 5.82 Å². The van der Waals surface area contributed by atoms with Crippen LogP contribution >= 0.6 is 11.8 Å². The molecule has 2 aromatic carbocycles. The predicted molar refractivity (Wildman–Crippen MR) is 82.1 cm³/mol. The third-order valence-corrected chi connectivity index (χ3v) is 4.57. The summed E-state index contributed by atoms with van der Waals surface area (Å²) in [6.45, 7) is 0. The SMILES string of the molecule is COc1ccccc1C1SCC(=O)N1c1ccc(F)cc1. The second-order valence-corrected chi connectivity index (χ2v) is 5.71. The highest BCUT2D eigenvalue weighted by molar-refractivity contribution is 8.00. The van der Waals surface area contributed by atoms with Gasteiger partial charge in [0.1, 0.15) is 16.9 Å². The summed E-state index contributed by atoms with van der Waals surface area (Å²) in [6, 6.07) is 13.6. The summed E-state index contributed by atoms with van der Waals surface area (Å²) < 4.78 is 18.5. The van der Waals surface area contributed by atoms with E-state index in [1.807, 2.05) is 24.3 Å². The molecule has 1 saturated heterocycles. The molecule has 1 aliphatic heterocycles. The van der Waals surface area contributed by atoms with Gasteiger partial charge in [0, 0.05) is 11.3 Å². The Balaban J connectivity index is 2.01. The molecule has 2 aromatic rings. The van der Waals surface area contributed by atoms with Gasteiger partial charge in [-0.25, -0.2) is 4.39 Å². The number of rotatable bonds is 3. The summed E-state index contributed by atoms with van der Waals surface area (Å²) in [7, 11) is 1.61. The molecular formula is C16H14FNO2S. The molecule has 21 heavy (non-hydrogen) atoms. The van der Waals surface area contributed by atoms with E-state index in [2.05, 4.69) is 0 Å². The van der Waals surface area contributed by atoms with E-state index >= 15 is 0 Å². The van der Waals surface area contributed by atoms with Crippen LogP contribution in [0.15, 0.2) is 48.5 Å². The zero-order valence-corrected chi connectivity index (χ0v) is 12.3. The van der Waals surface area contributed by atoms with Crippen molar-refractivity contribution in [3.63, 3.8) is 0 Å². The molecular weight excluding hydrogens is 289 g/mol. The Morgan fingerprint density at radius 2 is 1.90 bits per heavy atom. The lowest BCUT2D eigenvalue weighted by Crippen LogP contribution is -2.28. The standard InChI is InChI=1S/C16H14FNO2S/c1-20-14-5-3-2-4-13(14)16-18(15(19)10-21-16)12-8-6-11(17)7-9-12/h2-9,16H,10H2,1H3. The fourth-order valence-corrected chi connectivity index (χ4v) is 3.61. The minimum absolute atomic E-state index is 0.0162. The van der Waals surface area contributed by atoms with Crippen molar-refractivity contribution in [2.45, 2.75) is 5.37 Å². The minimum atomic E-state index is -0.313. The molecule has 0 aromatic heterocycles. The third kappa shape index (κ3) is 2.61. The van der Waals surface area contributed by atoms with E-state index in [4.69, 9.17) is 4.74 Å². The molecule has 108 valence electrons. The number of benzene rings is 2. The molecule has 0 bridgehead atoms. The van der Waals surface area contributed by atoms with Gasteiger partial charge < -0.3 is 4.74 Å². The van der Waals surface area contributed by atoms with E-state index in [0.717, 1.165) is 11.3 Å². The summed E-state index contributed by atoms with van der Waals surface area (Å²) in [5.41, 5.74) is 1.64. The van der Waals surface area contributed by atoms with Gasteiger partial charge in [-0.2, -0.15) is 0 Å². The Kier molecular flexibility index (Phi) is 3.84. The quantitative estimate of drug-likeness (QED) is 0.867. The van der Waals surface area contributed by atoms with Crippen LogP contribution in [0.1, 0.15) is 10.9 Å². The number of ether oxygens (including phenoxy) is 1. The number of para-hydroxylation sites is 1. The number of nitrogens with zero attached hydrogens (tertiary/aromatic N) is 1. The molecule has 1 atom stereocenters. The van der Waals surface area contributed by atoms with Crippen molar-refractivity contribution in [2.24, 2.45) is 0 Å². The van der Waals surface area contributed by atoms with Crippen molar-refractivity contribution in [2.75, 3.05) is 17.8 Å². The second-order valence-electron chi connectivity index (χ2n) is 4.65. The third-order valence-electron chi connectivity index (χ3n) is 3.38. The van der Waals surface area contributed by atoms with Crippen LogP contribution in [0.25, 0.3) is 0 Å². The fourth-order valence-electron chi connectivity index (χ4n) is 2.41. The lowest BCUT2D eigenvalue weighted by atomic mass is 10.1. The highest BCUT2D eigenvalue weighted by Crippen LogP contribution is 2.44. The van der Waals surface area contributed by atoms with Crippen molar-refractivity contribution >= 4 is 23.4 Å². The van der Waals surface area contributed by atoms with Gasteiger partial charge in [-0.05, 0) is 30.3 Å². The van der Waals surface area contributed by atoms with Crippen molar-refractivity contribution in [3.05, 3.63) is 59.9 Å². The maximum Gasteiger partial charge on any atom is 0.238 e. The first kappa shape index (κ1) is 13.9. The largest absolute Gasteiger partial charge is 0.496 e. The highest BCUT2D eigenvalue weighted by atomic mass is 32.2. The summed E-state index contributed by atoms with van der Waals surface area (Å²) >= 11 is 1.54. The Labute approximate surface area is 126 Å². The number of anilines is 1. The van der Waals surface area contributed by atoms with Gasteiger partial charge in [0.25, 0.3) is 0 Å². The van der Waals surface area contributed by atoms with Gasteiger partial charge in [0.05, 0.1) is 12.9 Å². The molecule has 1 fully saturated rings. The molecule has 1 unspecified atom stereocenters. The van der Waals surface area contributed by atoms with Gasteiger partial charge >= 0.3 is 0 Å². The van der Waals surface area contributed by atoms with Crippen molar-refractivity contribution in [1.82, 2.24) is 0 Å². The van der Waals surface area contributed by atoms with Gasteiger partial charge in [0.2, 0.25) is 5.91 Å². The van der Waals surface area contributed by atoms with E-state index in [0.29, 0.717) is 11.4 Å². The van der Waals surface area contributed by atoms with Crippen molar-refractivity contribution in [3.8, 4) is 5.75 Å². The summed E-state index contributed by atoms with van der Waals surface area (Å²) in [6.07, 6.45) is 0. The van der Waals surface area contributed by atoms with Crippen LogP contribution in [0.5, 0.6) is 5.75 Å². The summed E-state index contributed by atoms with van der Waals surface area (Å²) in [4.78, 5) is 13.9. The number of carbonyl (C=O) groups excluding carboxylic acids is 1. The van der Waals surface area contributed by atoms with Crippen LogP contribution in [0.2, 0.25) is 0 Å². The van der Waals surface area contributed by atoms with E-state index < -0.39 is 0 Å². The Bertz CT molecular complexity index is 660. The maximum atomic E-state index is 13.1. The number of amides is 1. The molecule has 1 amide bonds. The lowest BCUT2D eigenvalue weighted by Gasteiger charge is -2.25. The zero-order chi connectivity index (χ0) is 14.8. The molecule has 3 nitrogen and oxygen atoms in total. The molecule has 1 aliphatic rings. The number of hydrogen-bond acceptors (Lipinski definition) is 3. The number of thioether (sulfide) groups is 1. The Hall–Kier alpha value is -2.01.